The Morgan fingerprint density at radius 3 is 2.59 bits per heavy atom. The van der Waals surface area contributed by atoms with Gasteiger partial charge in [0.25, 0.3) is 0 Å². The second-order valence-corrected chi connectivity index (χ2v) is 6.01. The van der Waals surface area contributed by atoms with Gasteiger partial charge in [-0.3, -0.25) is 4.99 Å². The van der Waals surface area contributed by atoms with Crippen LogP contribution in [0.5, 0.6) is 11.5 Å². The molecule has 0 aliphatic heterocycles. The monoisotopic (exact) mass is 500 g/mol. The molecule has 0 fully saturated rings. The number of alkyl halides is 2. The molecular weight excluding hydrogens is 469 g/mol. The number of aliphatic imine (C=N–C) groups is 1. The lowest BCUT2D eigenvalue weighted by Crippen LogP contribution is -2.38. The zero-order chi connectivity index (χ0) is 19.4. The molecule has 9 heteroatoms. The van der Waals surface area contributed by atoms with E-state index in [1.165, 1.54) is 6.07 Å². The molecule has 0 aliphatic rings. The predicted octanol–water partition coefficient (Wildman–Crippen LogP) is 3.31. The van der Waals surface area contributed by atoms with Crippen LogP contribution in [-0.4, -0.2) is 58.3 Å². The first-order valence-electron chi connectivity index (χ1n) is 8.76. The highest BCUT2D eigenvalue weighted by Gasteiger charge is 2.12. The maximum Gasteiger partial charge on any atom is 0.387 e. The molecule has 0 aromatic heterocycles. The number of nitrogens with one attached hydrogen (secondary N) is 2. The van der Waals surface area contributed by atoms with Crippen molar-refractivity contribution < 1.29 is 18.3 Å². The van der Waals surface area contributed by atoms with Crippen LogP contribution in [0.1, 0.15) is 25.3 Å². The second-order valence-electron chi connectivity index (χ2n) is 6.01. The average Bonchev–Trinajstić information content (AvgIpc) is 2.59. The van der Waals surface area contributed by atoms with Crippen molar-refractivity contribution in [1.82, 2.24) is 15.5 Å². The largest absolute Gasteiger partial charge is 0.493 e. The minimum atomic E-state index is -2.89. The minimum Gasteiger partial charge on any atom is -0.493 e. The number of guanidine groups is 1. The normalized spacial score (nSPS) is 11.3. The van der Waals surface area contributed by atoms with Crippen molar-refractivity contribution >= 4 is 29.9 Å². The van der Waals surface area contributed by atoms with E-state index in [1.807, 2.05) is 21.0 Å². The van der Waals surface area contributed by atoms with E-state index in [0.717, 1.165) is 25.9 Å². The van der Waals surface area contributed by atoms with E-state index in [2.05, 4.69) is 25.3 Å². The molecule has 1 aromatic carbocycles. The van der Waals surface area contributed by atoms with Crippen LogP contribution < -0.4 is 20.1 Å². The lowest BCUT2D eigenvalue weighted by atomic mass is 10.2. The number of halogens is 3. The number of rotatable bonds is 11. The average molecular weight is 500 g/mol. The Kier molecular flexibility index (Phi) is 13.9. The smallest absolute Gasteiger partial charge is 0.387 e. The van der Waals surface area contributed by atoms with Crippen molar-refractivity contribution in [3.05, 3.63) is 23.8 Å². The molecule has 0 aliphatic carbocycles. The Labute approximate surface area is 177 Å². The third-order valence-corrected chi connectivity index (χ3v) is 3.47. The van der Waals surface area contributed by atoms with Crippen LogP contribution in [0.2, 0.25) is 0 Å². The third kappa shape index (κ3) is 11.2. The molecule has 6 nitrogen and oxygen atoms in total. The van der Waals surface area contributed by atoms with Gasteiger partial charge in [0.1, 0.15) is 11.5 Å². The van der Waals surface area contributed by atoms with Gasteiger partial charge in [-0.1, -0.05) is 6.92 Å². The fraction of sp³-hybridized carbons (Fsp3) is 0.611. The topological polar surface area (TPSA) is 58.1 Å². The summed E-state index contributed by atoms with van der Waals surface area (Å²) in [6.45, 7) is 1.65. The Bertz CT molecular complexity index is 560. The Balaban J connectivity index is 0.00000676. The molecule has 0 spiro atoms. The summed E-state index contributed by atoms with van der Waals surface area (Å²) < 4.78 is 35.5. The van der Waals surface area contributed by atoms with Crippen molar-refractivity contribution in [3.63, 3.8) is 0 Å². The summed E-state index contributed by atoms with van der Waals surface area (Å²) in [5.74, 6) is 1.22. The summed E-state index contributed by atoms with van der Waals surface area (Å²) in [5.41, 5.74) is 0.602. The van der Waals surface area contributed by atoms with Gasteiger partial charge in [-0.25, -0.2) is 0 Å². The van der Waals surface area contributed by atoms with Crippen molar-refractivity contribution in [2.75, 3.05) is 40.8 Å². The van der Waals surface area contributed by atoms with Crippen LogP contribution in [0.15, 0.2) is 23.2 Å². The molecule has 0 heterocycles. The highest BCUT2D eigenvalue weighted by Crippen LogP contribution is 2.26. The molecule has 0 amide bonds. The lowest BCUT2D eigenvalue weighted by molar-refractivity contribution is -0.0505. The molecule has 156 valence electrons. The molecular formula is C18H31F2IN4O2. The van der Waals surface area contributed by atoms with Crippen molar-refractivity contribution in [3.8, 4) is 11.5 Å². The Morgan fingerprint density at radius 2 is 2.00 bits per heavy atom. The summed E-state index contributed by atoms with van der Waals surface area (Å²) in [4.78, 5) is 6.24. The first-order valence-corrected chi connectivity index (χ1v) is 8.76. The van der Waals surface area contributed by atoms with Crippen LogP contribution in [0.4, 0.5) is 8.78 Å². The van der Waals surface area contributed by atoms with E-state index in [9.17, 15) is 8.78 Å². The standard InChI is InChI=1S/C18H30F2N4O2.HI/c1-5-11-25-15-8-7-14(16(12-15)26-17(19)20)13-23-18(21-2)22-9-6-10-24(3)4;/h7-8,12,17H,5-6,9-11,13H2,1-4H3,(H2,21,22,23);1H. The zero-order valence-electron chi connectivity index (χ0n) is 16.4. The van der Waals surface area contributed by atoms with Crippen molar-refractivity contribution in [2.24, 2.45) is 4.99 Å². The van der Waals surface area contributed by atoms with Gasteiger partial charge in [-0.05, 0) is 45.6 Å². The highest BCUT2D eigenvalue weighted by molar-refractivity contribution is 14.0. The van der Waals surface area contributed by atoms with Gasteiger partial charge in [0.15, 0.2) is 5.96 Å². The molecule has 0 unspecified atom stereocenters. The lowest BCUT2D eigenvalue weighted by Gasteiger charge is -2.16. The number of ether oxygens (including phenoxy) is 2. The summed E-state index contributed by atoms with van der Waals surface area (Å²) >= 11 is 0. The molecule has 0 atom stereocenters. The zero-order valence-corrected chi connectivity index (χ0v) is 18.8. The minimum absolute atomic E-state index is 0. The predicted molar refractivity (Wildman–Crippen MR) is 116 cm³/mol. The van der Waals surface area contributed by atoms with Crippen molar-refractivity contribution in [1.29, 1.82) is 0 Å². The van der Waals surface area contributed by atoms with E-state index >= 15 is 0 Å². The number of hydrogen-bond acceptors (Lipinski definition) is 4. The molecule has 1 rings (SSSR count). The number of benzene rings is 1. The van der Waals surface area contributed by atoms with E-state index < -0.39 is 6.61 Å². The molecule has 2 N–H and O–H groups in total. The van der Waals surface area contributed by atoms with Gasteiger partial charge in [-0.2, -0.15) is 8.78 Å². The van der Waals surface area contributed by atoms with Crippen molar-refractivity contribution in [2.45, 2.75) is 32.9 Å². The number of nitrogens with zero attached hydrogens (tertiary/aromatic N) is 2. The van der Waals surface area contributed by atoms with Crippen LogP contribution in [0, 0.1) is 0 Å². The third-order valence-electron chi connectivity index (χ3n) is 3.47. The van der Waals surface area contributed by atoms with E-state index in [4.69, 9.17) is 4.74 Å². The van der Waals surface area contributed by atoms with E-state index in [-0.39, 0.29) is 29.7 Å². The molecule has 27 heavy (non-hydrogen) atoms. The molecule has 0 saturated carbocycles. The van der Waals surface area contributed by atoms with Crippen LogP contribution in [0.3, 0.4) is 0 Å². The summed E-state index contributed by atoms with van der Waals surface area (Å²) in [6, 6.07) is 4.96. The quantitative estimate of drug-likeness (QED) is 0.211. The van der Waals surface area contributed by atoms with E-state index in [1.54, 1.807) is 19.2 Å². The molecule has 0 radical (unpaired) electrons. The van der Waals surface area contributed by atoms with Gasteiger partial charge in [-0.15, -0.1) is 24.0 Å². The van der Waals surface area contributed by atoms with Crippen LogP contribution >= 0.6 is 24.0 Å². The van der Waals surface area contributed by atoms with Crippen LogP contribution in [0.25, 0.3) is 0 Å². The summed E-state index contributed by atoms with van der Waals surface area (Å²) in [6.07, 6.45) is 1.81. The van der Waals surface area contributed by atoms with Gasteiger partial charge < -0.3 is 25.0 Å². The van der Waals surface area contributed by atoms with E-state index in [0.29, 0.717) is 30.4 Å². The Hall–Kier alpha value is -1.36. The van der Waals surface area contributed by atoms with Gasteiger partial charge in [0, 0.05) is 31.8 Å². The van der Waals surface area contributed by atoms with Gasteiger partial charge in [0.05, 0.1) is 6.61 Å². The first kappa shape index (κ1) is 25.6. The maximum absolute atomic E-state index is 12.7. The summed E-state index contributed by atoms with van der Waals surface area (Å²) in [7, 11) is 5.70. The highest BCUT2D eigenvalue weighted by atomic mass is 127. The molecule has 0 bridgehead atoms. The van der Waals surface area contributed by atoms with Gasteiger partial charge >= 0.3 is 6.61 Å². The van der Waals surface area contributed by atoms with Gasteiger partial charge in [0.2, 0.25) is 0 Å². The molecule has 0 saturated heterocycles. The molecule has 1 aromatic rings. The maximum atomic E-state index is 12.7. The second kappa shape index (κ2) is 14.7. The SMILES string of the molecule is CCCOc1ccc(CNC(=NC)NCCCN(C)C)c(OC(F)F)c1.I. The first-order chi connectivity index (χ1) is 12.5. The fourth-order valence-electron chi connectivity index (χ4n) is 2.20. The Morgan fingerprint density at radius 1 is 1.26 bits per heavy atom. The summed E-state index contributed by atoms with van der Waals surface area (Å²) in [5, 5.41) is 6.30. The number of hydrogen-bond donors (Lipinski definition) is 2. The fourth-order valence-corrected chi connectivity index (χ4v) is 2.20. The van der Waals surface area contributed by atoms with Crippen LogP contribution in [-0.2, 0) is 6.54 Å².